The molecule has 0 bridgehead atoms. The van der Waals surface area contributed by atoms with E-state index in [-0.39, 0.29) is 5.91 Å². The van der Waals surface area contributed by atoms with Crippen LogP contribution in [-0.4, -0.2) is 52.8 Å². The Balaban J connectivity index is 1.78. The molecule has 0 spiro atoms. The third-order valence-electron chi connectivity index (χ3n) is 5.19. The molecule has 4 rings (SSSR count). The molecule has 32 heavy (non-hydrogen) atoms. The van der Waals surface area contributed by atoms with Crippen molar-refractivity contribution in [1.82, 2.24) is 19.7 Å². The second-order valence-corrected chi connectivity index (χ2v) is 8.57. The standard InChI is InChI=1S/C24H23Cl2N5O/c1-16-21-22(26)20(15-27-23(21)31(28-16)19-7-5-4-6-8-19)24(32)30(14-13-29(2)3)18-11-9-17(25)10-12-18/h4-12,15H,13-14H2,1-3H3. The number of likely N-dealkylation sites (N-methyl/N-ethyl adjacent to an activating group) is 1. The highest BCUT2D eigenvalue weighted by atomic mass is 35.5. The largest absolute Gasteiger partial charge is 0.308 e. The molecule has 2 aromatic carbocycles. The lowest BCUT2D eigenvalue weighted by molar-refractivity contribution is 0.0985. The monoisotopic (exact) mass is 467 g/mol. The minimum Gasteiger partial charge on any atom is -0.308 e. The topological polar surface area (TPSA) is 54.3 Å². The highest BCUT2D eigenvalue weighted by Gasteiger charge is 2.24. The Hall–Kier alpha value is -2.93. The van der Waals surface area contributed by atoms with E-state index in [1.165, 1.54) is 6.20 Å². The van der Waals surface area contributed by atoms with Crippen LogP contribution in [0.4, 0.5) is 5.69 Å². The van der Waals surface area contributed by atoms with Crippen LogP contribution in [0.15, 0.2) is 60.8 Å². The maximum absolute atomic E-state index is 13.6. The lowest BCUT2D eigenvalue weighted by atomic mass is 10.1. The zero-order valence-corrected chi connectivity index (χ0v) is 19.6. The predicted octanol–water partition coefficient (Wildman–Crippen LogP) is 5.24. The number of hydrogen-bond acceptors (Lipinski definition) is 4. The molecule has 0 aliphatic heterocycles. The Bertz CT molecular complexity index is 1250. The van der Waals surface area contributed by atoms with E-state index < -0.39 is 0 Å². The number of aryl methyl sites for hydroxylation is 1. The van der Waals surface area contributed by atoms with Gasteiger partial charge in [0.2, 0.25) is 0 Å². The molecule has 2 heterocycles. The van der Waals surface area contributed by atoms with E-state index >= 15 is 0 Å². The van der Waals surface area contributed by atoms with E-state index in [0.29, 0.717) is 45.4 Å². The summed E-state index contributed by atoms with van der Waals surface area (Å²) in [5.41, 5.74) is 3.28. The normalized spacial score (nSPS) is 11.3. The van der Waals surface area contributed by atoms with Gasteiger partial charge < -0.3 is 9.80 Å². The molecule has 4 aromatic rings. The third-order valence-corrected chi connectivity index (χ3v) is 5.84. The average Bonchev–Trinajstić information content (AvgIpc) is 3.13. The molecule has 1 amide bonds. The summed E-state index contributed by atoms with van der Waals surface area (Å²) < 4.78 is 1.74. The number of fused-ring (bicyclic) bond motifs is 1. The van der Waals surface area contributed by atoms with Crippen LogP contribution in [0.5, 0.6) is 0 Å². The number of carbonyl (C=O) groups excluding carboxylic acids is 1. The second-order valence-electron chi connectivity index (χ2n) is 7.75. The van der Waals surface area contributed by atoms with Crippen molar-refractivity contribution in [2.45, 2.75) is 6.92 Å². The molecular formula is C24H23Cl2N5O. The minimum atomic E-state index is -0.222. The van der Waals surface area contributed by atoms with Gasteiger partial charge >= 0.3 is 0 Å². The lowest BCUT2D eigenvalue weighted by Crippen LogP contribution is -2.37. The summed E-state index contributed by atoms with van der Waals surface area (Å²) in [6.45, 7) is 3.04. The molecule has 0 radical (unpaired) electrons. The first-order valence-electron chi connectivity index (χ1n) is 10.2. The number of benzene rings is 2. The first-order chi connectivity index (χ1) is 15.4. The van der Waals surface area contributed by atoms with Crippen molar-refractivity contribution in [1.29, 1.82) is 0 Å². The van der Waals surface area contributed by atoms with Gasteiger partial charge in [-0.2, -0.15) is 5.10 Å². The van der Waals surface area contributed by atoms with Gasteiger partial charge in [0.05, 0.1) is 27.4 Å². The molecule has 0 fully saturated rings. The summed E-state index contributed by atoms with van der Waals surface area (Å²) in [7, 11) is 3.93. The number of anilines is 1. The summed E-state index contributed by atoms with van der Waals surface area (Å²) in [4.78, 5) is 21.9. The summed E-state index contributed by atoms with van der Waals surface area (Å²) in [6, 6.07) is 16.9. The summed E-state index contributed by atoms with van der Waals surface area (Å²) >= 11 is 12.8. The van der Waals surface area contributed by atoms with Gasteiger partial charge in [-0.1, -0.05) is 41.4 Å². The van der Waals surface area contributed by atoms with E-state index in [2.05, 4.69) is 10.1 Å². The van der Waals surface area contributed by atoms with Crippen LogP contribution in [0.1, 0.15) is 16.1 Å². The first-order valence-corrected chi connectivity index (χ1v) is 10.9. The smallest absolute Gasteiger partial charge is 0.261 e. The number of halogens is 2. The Morgan fingerprint density at radius 3 is 2.34 bits per heavy atom. The maximum Gasteiger partial charge on any atom is 0.261 e. The molecule has 6 nitrogen and oxygen atoms in total. The molecule has 0 saturated carbocycles. The van der Waals surface area contributed by atoms with Crippen molar-refractivity contribution >= 4 is 45.8 Å². The molecule has 0 saturated heterocycles. The quantitative estimate of drug-likeness (QED) is 0.388. The fourth-order valence-corrected chi connectivity index (χ4v) is 4.00. The maximum atomic E-state index is 13.6. The summed E-state index contributed by atoms with van der Waals surface area (Å²) in [6.07, 6.45) is 1.53. The Kier molecular flexibility index (Phi) is 6.46. The van der Waals surface area contributed by atoms with Crippen LogP contribution in [0, 0.1) is 6.92 Å². The van der Waals surface area contributed by atoms with Crippen molar-refractivity contribution < 1.29 is 4.79 Å². The predicted molar refractivity (Wildman–Crippen MR) is 130 cm³/mol. The van der Waals surface area contributed by atoms with Crippen LogP contribution in [0.2, 0.25) is 10.0 Å². The van der Waals surface area contributed by atoms with E-state index in [1.54, 1.807) is 21.7 Å². The summed E-state index contributed by atoms with van der Waals surface area (Å²) in [5.74, 6) is -0.222. The van der Waals surface area contributed by atoms with Gasteiger partial charge in [0.1, 0.15) is 0 Å². The van der Waals surface area contributed by atoms with E-state index in [9.17, 15) is 4.79 Å². The number of hydrogen-bond donors (Lipinski definition) is 0. The van der Waals surface area contributed by atoms with Gasteiger partial charge in [0.15, 0.2) is 5.65 Å². The van der Waals surface area contributed by atoms with E-state index in [1.807, 2.05) is 68.4 Å². The van der Waals surface area contributed by atoms with Crippen LogP contribution in [0.3, 0.4) is 0 Å². The van der Waals surface area contributed by atoms with Crippen molar-refractivity contribution in [3.63, 3.8) is 0 Å². The van der Waals surface area contributed by atoms with Crippen LogP contribution in [0.25, 0.3) is 16.7 Å². The van der Waals surface area contributed by atoms with Crippen molar-refractivity contribution in [2.24, 2.45) is 0 Å². The Morgan fingerprint density at radius 1 is 1.00 bits per heavy atom. The molecular weight excluding hydrogens is 445 g/mol. The third kappa shape index (κ3) is 4.35. The van der Waals surface area contributed by atoms with Crippen LogP contribution < -0.4 is 4.90 Å². The SMILES string of the molecule is Cc1nn(-c2ccccc2)c2ncc(C(=O)N(CCN(C)C)c3ccc(Cl)cc3)c(Cl)c12. The van der Waals surface area contributed by atoms with Crippen LogP contribution >= 0.6 is 23.2 Å². The Morgan fingerprint density at radius 2 is 1.69 bits per heavy atom. The molecule has 0 aliphatic carbocycles. The van der Waals surface area contributed by atoms with Crippen molar-refractivity contribution in [3.8, 4) is 5.69 Å². The number of carbonyl (C=O) groups is 1. The molecule has 164 valence electrons. The molecule has 0 N–H and O–H groups in total. The fraction of sp³-hybridized carbons (Fsp3) is 0.208. The van der Waals surface area contributed by atoms with Crippen molar-refractivity contribution in [3.05, 3.63) is 82.1 Å². The zero-order valence-electron chi connectivity index (χ0n) is 18.1. The molecule has 8 heteroatoms. The molecule has 0 unspecified atom stereocenters. The van der Waals surface area contributed by atoms with Gasteiger partial charge in [-0.25, -0.2) is 9.67 Å². The van der Waals surface area contributed by atoms with Gasteiger partial charge in [-0.05, 0) is 57.4 Å². The Labute approximate surface area is 197 Å². The number of rotatable bonds is 6. The molecule has 0 aliphatic rings. The molecule has 0 atom stereocenters. The van der Waals surface area contributed by atoms with Gasteiger partial charge in [-0.3, -0.25) is 4.79 Å². The first kappa shape index (κ1) is 22.3. The number of amides is 1. The minimum absolute atomic E-state index is 0.222. The second kappa shape index (κ2) is 9.28. The lowest BCUT2D eigenvalue weighted by Gasteiger charge is -2.25. The average molecular weight is 468 g/mol. The number of aromatic nitrogens is 3. The van der Waals surface area contributed by atoms with Gasteiger partial charge in [0, 0.05) is 30.0 Å². The van der Waals surface area contributed by atoms with Crippen LogP contribution in [-0.2, 0) is 0 Å². The number of nitrogens with zero attached hydrogens (tertiary/aromatic N) is 5. The summed E-state index contributed by atoms with van der Waals surface area (Å²) in [5, 5.41) is 6.25. The highest BCUT2D eigenvalue weighted by molar-refractivity contribution is 6.39. The number of pyridine rings is 1. The van der Waals surface area contributed by atoms with Crippen molar-refractivity contribution in [2.75, 3.05) is 32.1 Å². The highest BCUT2D eigenvalue weighted by Crippen LogP contribution is 2.31. The molecule has 2 aromatic heterocycles. The van der Waals surface area contributed by atoms with Gasteiger partial charge in [-0.15, -0.1) is 0 Å². The van der Waals surface area contributed by atoms with E-state index in [4.69, 9.17) is 23.2 Å². The zero-order chi connectivity index (χ0) is 22.8. The van der Waals surface area contributed by atoms with E-state index in [0.717, 1.165) is 11.4 Å². The fourth-order valence-electron chi connectivity index (χ4n) is 3.52. The number of para-hydroxylation sites is 1. The van der Waals surface area contributed by atoms with Gasteiger partial charge in [0.25, 0.3) is 5.91 Å².